The molecule has 1 fully saturated rings. The van der Waals surface area contributed by atoms with E-state index in [0.717, 1.165) is 43.9 Å². The molecule has 0 saturated carbocycles. The summed E-state index contributed by atoms with van der Waals surface area (Å²) in [5.74, 6) is 0.592. The summed E-state index contributed by atoms with van der Waals surface area (Å²) in [6.45, 7) is 7.30. The lowest BCUT2D eigenvalue weighted by Gasteiger charge is -2.24. The molecular formula is C18H24N5+. The summed E-state index contributed by atoms with van der Waals surface area (Å²) in [4.78, 5) is 10.3. The monoisotopic (exact) mass is 310 g/mol. The molecule has 0 aliphatic carbocycles. The van der Waals surface area contributed by atoms with Crippen LogP contribution in [-0.4, -0.2) is 28.8 Å². The van der Waals surface area contributed by atoms with Gasteiger partial charge in [0.25, 0.3) is 0 Å². The van der Waals surface area contributed by atoms with E-state index in [1.54, 1.807) is 4.90 Å². The number of rotatable bonds is 4. The Morgan fingerprint density at radius 2 is 1.70 bits per heavy atom. The number of benzene rings is 1. The van der Waals surface area contributed by atoms with Crippen LogP contribution in [0.4, 0.5) is 5.95 Å². The van der Waals surface area contributed by atoms with Crippen LogP contribution in [0.1, 0.15) is 29.8 Å². The van der Waals surface area contributed by atoms with Gasteiger partial charge >= 0.3 is 0 Å². The average molecular weight is 310 g/mol. The maximum absolute atomic E-state index is 4.51. The third kappa shape index (κ3) is 4.60. The molecule has 0 spiro atoms. The van der Waals surface area contributed by atoms with Crippen LogP contribution in [0.25, 0.3) is 0 Å². The van der Waals surface area contributed by atoms with E-state index < -0.39 is 0 Å². The Bertz CT molecular complexity index is 651. The summed E-state index contributed by atoms with van der Waals surface area (Å²) in [6, 6.07) is 12.7. The van der Waals surface area contributed by atoms with Gasteiger partial charge in [-0.2, -0.15) is 5.10 Å². The summed E-state index contributed by atoms with van der Waals surface area (Å²) in [5, 5.41) is 4.51. The predicted molar refractivity (Wildman–Crippen MR) is 92.6 cm³/mol. The molecule has 1 aromatic carbocycles. The minimum Gasteiger partial charge on any atom is -0.331 e. The van der Waals surface area contributed by atoms with Gasteiger partial charge in [0.15, 0.2) is 0 Å². The summed E-state index contributed by atoms with van der Waals surface area (Å²) in [7, 11) is 0. The summed E-state index contributed by atoms with van der Waals surface area (Å²) >= 11 is 0. The molecule has 0 unspecified atom stereocenters. The second-order valence-corrected chi connectivity index (χ2v) is 6.18. The highest BCUT2D eigenvalue weighted by Gasteiger charge is 2.18. The zero-order valence-corrected chi connectivity index (χ0v) is 13.8. The molecular weight excluding hydrogens is 286 g/mol. The highest BCUT2D eigenvalue weighted by molar-refractivity contribution is 5.85. The van der Waals surface area contributed by atoms with Crippen molar-refractivity contribution in [2.75, 3.05) is 18.5 Å². The first-order valence-corrected chi connectivity index (χ1v) is 8.20. The van der Waals surface area contributed by atoms with E-state index in [-0.39, 0.29) is 0 Å². The van der Waals surface area contributed by atoms with Crippen LogP contribution in [0.5, 0.6) is 0 Å². The fourth-order valence-electron chi connectivity index (χ4n) is 2.97. The van der Waals surface area contributed by atoms with Gasteiger partial charge in [0, 0.05) is 35.5 Å². The van der Waals surface area contributed by atoms with Crippen LogP contribution in [0.15, 0.2) is 41.5 Å². The zero-order valence-electron chi connectivity index (χ0n) is 13.8. The first-order valence-electron chi connectivity index (χ1n) is 8.20. The molecule has 2 aromatic rings. The lowest BCUT2D eigenvalue weighted by atomic mass is 10.1. The first kappa shape index (κ1) is 15.6. The lowest BCUT2D eigenvalue weighted by Crippen LogP contribution is -3.11. The Morgan fingerprint density at radius 3 is 2.35 bits per heavy atom. The van der Waals surface area contributed by atoms with Gasteiger partial charge < -0.3 is 4.90 Å². The smallest absolute Gasteiger partial charge is 0.243 e. The van der Waals surface area contributed by atoms with Crippen LogP contribution in [-0.2, 0) is 6.54 Å². The SMILES string of the molecule is Cc1cc(C)nc(NN=C2CC[NH+](Cc3ccccc3)CC2)n1. The van der Waals surface area contributed by atoms with Crippen molar-refractivity contribution in [1.29, 1.82) is 0 Å². The van der Waals surface area contributed by atoms with E-state index in [4.69, 9.17) is 0 Å². The van der Waals surface area contributed by atoms with Crippen LogP contribution < -0.4 is 10.3 Å². The third-order valence-corrected chi connectivity index (χ3v) is 4.13. The van der Waals surface area contributed by atoms with Gasteiger partial charge in [-0.1, -0.05) is 30.3 Å². The van der Waals surface area contributed by atoms with Crippen LogP contribution in [0.3, 0.4) is 0 Å². The van der Waals surface area contributed by atoms with E-state index in [9.17, 15) is 0 Å². The molecule has 1 aliphatic rings. The van der Waals surface area contributed by atoms with Gasteiger partial charge in [0.05, 0.1) is 13.1 Å². The Kier molecular flexibility index (Phi) is 4.98. The molecule has 2 N–H and O–H groups in total. The summed E-state index contributed by atoms with van der Waals surface area (Å²) in [5.41, 5.74) is 7.56. The molecule has 3 rings (SSSR count). The number of nitrogens with zero attached hydrogens (tertiary/aromatic N) is 3. The molecule has 0 atom stereocenters. The standard InChI is InChI=1S/C18H23N5/c1-14-12-15(2)20-18(19-14)22-21-17-8-10-23(11-9-17)13-16-6-4-3-5-7-16/h3-7,12H,8-11,13H2,1-2H3,(H,19,20,22)/p+1. The fourth-order valence-corrected chi connectivity index (χ4v) is 2.97. The van der Waals surface area contributed by atoms with Gasteiger partial charge in [-0.3, -0.25) is 0 Å². The minimum absolute atomic E-state index is 0.592. The molecule has 120 valence electrons. The van der Waals surface area contributed by atoms with Crippen molar-refractivity contribution in [3.63, 3.8) is 0 Å². The number of nitrogens with one attached hydrogen (secondary N) is 2. The summed E-state index contributed by atoms with van der Waals surface area (Å²) in [6.07, 6.45) is 2.06. The number of hydrogen-bond acceptors (Lipinski definition) is 4. The molecule has 2 heterocycles. The van der Waals surface area contributed by atoms with Gasteiger partial charge in [-0.25, -0.2) is 15.4 Å². The topological polar surface area (TPSA) is 54.6 Å². The molecule has 5 heteroatoms. The number of likely N-dealkylation sites (tertiary alicyclic amines) is 1. The highest BCUT2D eigenvalue weighted by atomic mass is 15.4. The number of anilines is 1. The van der Waals surface area contributed by atoms with Gasteiger partial charge in [-0.05, 0) is 19.9 Å². The lowest BCUT2D eigenvalue weighted by molar-refractivity contribution is -0.914. The number of aromatic nitrogens is 2. The predicted octanol–water partition coefficient (Wildman–Crippen LogP) is 1.74. The van der Waals surface area contributed by atoms with Gasteiger partial charge in [0.1, 0.15) is 6.54 Å². The van der Waals surface area contributed by atoms with Gasteiger partial charge in [0.2, 0.25) is 5.95 Å². The van der Waals surface area contributed by atoms with E-state index in [2.05, 4.69) is 50.8 Å². The molecule has 0 radical (unpaired) electrons. The Hall–Kier alpha value is -2.27. The molecule has 1 aliphatic heterocycles. The van der Waals surface area contributed by atoms with Crippen molar-refractivity contribution in [2.24, 2.45) is 5.10 Å². The third-order valence-electron chi connectivity index (χ3n) is 4.13. The minimum atomic E-state index is 0.592. The molecule has 5 nitrogen and oxygen atoms in total. The van der Waals surface area contributed by atoms with Crippen molar-refractivity contribution in [3.05, 3.63) is 53.3 Å². The van der Waals surface area contributed by atoms with Crippen molar-refractivity contribution >= 4 is 11.7 Å². The van der Waals surface area contributed by atoms with Crippen molar-refractivity contribution < 1.29 is 4.90 Å². The zero-order chi connectivity index (χ0) is 16.1. The van der Waals surface area contributed by atoms with Crippen molar-refractivity contribution in [2.45, 2.75) is 33.2 Å². The van der Waals surface area contributed by atoms with E-state index in [1.165, 1.54) is 11.3 Å². The normalized spacial score (nSPS) is 17.8. The van der Waals surface area contributed by atoms with Gasteiger partial charge in [-0.15, -0.1) is 0 Å². The maximum Gasteiger partial charge on any atom is 0.243 e. The quantitative estimate of drug-likeness (QED) is 0.846. The number of piperidine rings is 1. The average Bonchev–Trinajstić information content (AvgIpc) is 2.54. The second-order valence-electron chi connectivity index (χ2n) is 6.18. The largest absolute Gasteiger partial charge is 0.331 e. The van der Waals surface area contributed by atoms with E-state index >= 15 is 0 Å². The Labute approximate surface area is 137 Å². The maximum atomic E-state index is 4.51. The fraction of sp³-hybridized carbons (Fsp3) is 0.389. The Balaban J connectivity index is 1.52. The number of aryl methyl sites for hydroxylation is 2. The number of hydrazone groups is 1. The summed E-state index contributed by atoms with van der Waals surface area (Å²) < 4.78 is 0. The van der Waals surface area contributed by atoms with E-state index in [0.29, 0.717) is 5.95 Å². The highest BCUT2D eigenvalue weighted by Crippen LogP contribution is 2.05. The second kappa shape index (κ2) is 7.33. The van der Waals surface area contributed by atoms with E-state index in [1.807, 2.05) is 19.9 Å². The molecule has 0 amide bonds. The first-order chi connectivity index (χ1) is 11.2. The number of quaternary nitrogens is 1. The van der Waals surface area contributed by atoms with Crippen LogP contribution in [0, 0.1) is 13.8 Å². The van der Waals surface area contributed by atoms with Crippen molar-refractivity contribution in [3.8, 4) is 0 Å². The van der Waals surface area contributed by atoms with Crippen LogP contribution >= 0.6 is 0 Å². The molecule has 0 bridgehead atoms. The molecule has 23 heavy (non-hydrogen) atoms. The molecule has 1 aromatic heterocycles. The Morgan fingerprint density at radius 1 is 1.04 bits per heavy atom. The number of hydrogen-bond donors (Lipinski definition) is 2. The molecule has 1 saturated heterocycles. The van der Waals surface area contributed by atoms with Crippen LogP contribution in [0.2, 0.25) is 0 Å². The van der Waals surface area contributed by atoms with Crippen molar-refractivity contribution in [1.82, 2.24) is 9.97 Å².